The van der Waals surface area contributed by atoms with Crippen LogP contribution in [0.4, 0.5) is 0 Å². The van der Waals surface area contributed by atoms with Crippen molar-refractivity contribution in [2.24, 2.45) is 47.3 Å². The van der Waals surface area contributed by atoms with Crippen LogP contribution in [0.2, 0.25) is 0 Å². The minimum absolute atomic E-state index is 0.0323. The number of esters is 2. The van der Waals surface area contributed by atoms with Gasteiger partial charge in [-0.25, -0.2) is 0 Å². The summed E-state index contributed by atoms with van der Waals surface area (Å²) >= 11 is 0. The third-order valence-corrected chi connectivity index (χ3v) is 19.3. The number of ether oxygens (including phenoxy) is 5. The van der Waals surface area contributed by atoms with Crippen LogP contribution in [0.15, 0.2) is 0 Å². The maximum absolute atomic E-state index is 14.0. The molecule has 0 saturated carbocycles. The summed E-state index contributed by atoms with van der Waals surface area (Å²) in [6, 6.07) is 0. The van der Waals surface area contributed by atoms with Crippen molar-refractivity contribution in [3.63, 3.8) is 0 Å². The lowest BCUT2D eigenvalue weighted by molar-refractivity contribution is -0.344. The summed E-state index contributed by atoms with van der Waals surface area (Å²) in [5.41, 5.74) is 0. The Morgan fingerprint density at radius 1 is 0.299 bits per heavy atom. The Kier molecular flexibility index (Phi) is 45.2. The Morgan fingerprint density at radius 2 is 0.506 bits per heavy atom. The van der Waals surface area contributed by atoms with Crippen molar-refractivity contribution >= 4 is 11.9 Å². The summed E-state index contributed by atoms with van der Waals surface area (Å²) in [7, 11) is 0. The van der Waals surface area contributed by atoms with E-state index in [1.165, 1.54) is 231 Å². The Bertz CT molecular complexity index is 1190. The molecule has 0 N–H and O–H groups in total. The van der Waals surface area contributed by atoms with Crippen molar-refractivity contribution in [2.75, 3.05) is 13.2 Å². The highest BCUT2D eigenvalue weighted by molar-refractivity contribution is 5.72. The van der Waals surface area contributed by atoms with Crippen LogP contribution in [0.3, 0.4) is 0 Å². The second-order valence-electron chi connectivity index (χ2n) is 25.9. The standard InChI is InChI=1S/C70H134O7/c1-11-15-19-23-27-31-35-39-43-47-51-63(52-48-44-40-36-32-28-24-20-16-12-2)67(71)73-55-65-59(7)57(5)61(9)69(75-65)77-70-62(10)58(6)60(8)66(76-70)56-74-68(72)64(53-49-45-41-37-33-29-25-21-17-13-3)54-50-46-42-38-34-30-26-22-18-14-4/h57-66,69-70H,11-56H2,1-10H3/t57-,58-,59+,60+,61?,62?,65?,66?,69-,70-/m0/s1. The van der Waals surface area contributed by atoms with Crippen molar-refractivity contribution in [2.45, 2.75) is 377 Å². The average Bonchev–Trinajstić information content (AvgIpc) is 3.44. The fourth-order valence-corrected chi connectivity index (χ4v) is 12.6. The van der Waals surface area contributed by atoms with Gasteiger partial charge < -0.3 is 23.7 Å². The predicted molar refractivity (Wildman–Crippen MR) is 328 cm³/mol. The molecule has 10 atom stereocenters. The van der Waals surface area contributed by atoms with Crippen LogP contribution < -0.4 is 0 Å². The van der Waals surface area contributed by atoms with E-state index in [0.29, 0.717) is 11.8 Å². The first kappa shape index (κ1) is 71.9. The monoisotopic (exact) mass is 1090 g/mol. The van der Waals surface area contributed by atoms with E-state index in [9.17, 15) is 9.59 Å². The first-order valence-corrected chi connectivity index (χ1v) is 34.8. The van der Waals surface area contributed by atoms with Gasteiger partial charge in [-0.15, -0.1) is 0 Å². The molecule has 0 aromatic rings. The van der Waals surface area contributed by atoms with Gasteiger partial charge in [-0.3, -0.25) is 9.59 Å². The van der Waals surface area contributed by atoms with Gasteiger partial charge in [0.2, 0.25) is 0 Å². The molecule has 7 nitrogen and oxygen atoms in total. The average molecular weight is 1090 g/mol. The summed E-state index contributed by atoms with van der Waals surface area (Å²) < 4.78 is 33.2. The fraction of sp³-hybridized carbons (Fsp3) is 0.971. The van der Waals surface area contributed by atoms with Gasteiger partial charge in [0.05, 0.1) is 24.0 Å². The number of unbranched alkanes of at least 4 members (excludes halogenated alkanes) is 36. The summed E-state index contributed by atoms with van der Waals surface area (Å²) in [5, 5.41) is 0. The number of hydrogen-bond donors (Lipinski definition) is 0. The molecule has 0 aromatic carbocycles. The van der Waals surface area contributed by atoms with Crippen LogP contribution in [0.25, 0.3) is 0 Å². The van der Waals surface area contributed by atoms with Crippen LogP contribution >= 0.6 is 0 Å². The van der Waals surface area contributed by atoms with Gasteiger partial charge in [0.1, 0.15) is 13.2 Å². The molecule has 2 aliphatic rings. The topological polar surface area (TPSA) is 80.3 Å². The van der Waals surface area contributed by atoms with Crippen molar-refractivity contribution in [3.05, 3.63) is 0 Å². The second kappa shape index (κ2) is 48.4. The molecule has 0 radical (unpaired) electrons. The SMILES string of the molecule is CCCCCCCCCCCCC(CCCCCCCCCCCC)C(=O)OCC1O[C@@H](O[C@@H]2OC(COC(=O)C(CCCCCCCCCCCC)CCCCCCCCCCCC)[C@H](C)[C@H](C)C2C)C(C)[C@@H](C)[C@H]1C. The maximum atomic E-state index is 14.0. The molecule has 4 unspecified atom stereocenters. The van der Waals surface area contributed by atoms with Crippen LogP contribution in [0.5, 0.6) is 0 Å². The Labute approximate surface area is 480 Å². The zero-order valence-electron chi connectivity index (χ0n) is 53.3. The summed E-state index contributed by atoms with van der Waals surface area (Å²) in [4.78, 5) is 28.0. The molecule has 456 valence electrons. The molecule has 0 aliphatic carbocycles. The van der Waals surface area contributed by atoms with Gasteiger partial charge in [-0.1, -0.05) is 326 Å². The molecule has 0 amide bonds. The molecule has 0 bridgehead atoms. The van der Waals surface area contributed by atoms with Crippen LogP contribution in [-0.4, -0.2) is 49.9 Å². The van der Waals surface area contributed by atoms with Crippen LogP contribution in [-0.2, 0) is 33.3 Å². The molecule has 2 rings (SSSR count). The number of carbonyl (C=O) groups is 2. The van der Waals surface area contributed by atoms with Gasteiger partial charge in [0.15, 0.2) is 12.6 Å². The highest BCUT2D eigenvalue weighted by Crippen LogP contribution is 2.41. The summed E-state index contributed by atoms with van der Waals surface area (Å²) in [6.45, 7) is 23.2. The molecular formula is C70H134O7. The van der Waals surface area contributed by atoms with Crippen LogP contribution in [0, 0.1) is 47.3 Å². The van der Waals surface area contributed by atoms with Gasteiger partial charge in [-0.2, -0.15) is 0 Å². The van der Waals surface area contributed by atoms with Gasteiger partial charge >= 0.3 is 11.9 Å². The highest BCUT2D eigenvalue weighted by atomic mass is 16.8. The zero-order chi connectivity index (χ0) is 56.1. The van der Waals surface area contributed by atoms with E-state index in [1.54, 1.807) is 0 Å². The maximum Gasteiger partial charge on any atom is 0.309 e. The third kappa shape index (κ3) is 33.5. The Hall–Kier alpha value is -1.18. The number of rotatable bonds is 52. The van der Waals surface area contributed by atoms with E-state index in [4.69, 9.17) is 23.7 Å². The molecule has 2 heterocycles. The van der Waals surface area contributed by atoms with Crippen LogP contribution in [0.1, 0.15) is 352 Å². The molecule has 0 spiro atoms. The lowest BCUT2D eigenvalue weighted by Gasteiger charge is -2.48. The lowest BCUT2D eigenvalue weighted by Crippen LogP contribution is -2.53. The molecule has 2 fully saturated rings. The Balaban J connectivity index is 2.00. The third-order valence-electron chi connectivity index (χ3n) is 19.3. The van der Waals surface area contributed by atoms with Gasteiger partial charge in [0, 0.05) is 11.8 Å². The summed E-state index contributed by atoms with van der Waals surface area (Å²) in [5.74, 6) is 1.16. The molecule has 2 saturated heterocycles. The molecule has 7 heteroatoms. The van der Waals surface area contributed by atoms with Gasteiger partial charge in [-0.05, 0) is 49.4 Å². The zero-order valence-corrected chi connectivity index (χ0v) is 53.3. The quantitative estimate of drug-likeness (QED) is 0.0443. The van der Waals surface area contributed by atoms with E-state index in [0.717, 1.165) is 51.4 Å². The normalized spacial score (nSPS) is 23.8. The largest absolute Gasteiger partial charge is 0.463 e. The Morgan fingerprint density at radius 3 is 0.727 bits per heavy atom. The predicted octanol–water partition coefficient (Wildman–Crippen LogP) is 21.8. The molecule has 0 aromatic heterocycles. The molecule has 2 aliphatic heterocycles. The second-order valence-corrected chi connectivity index (χ2v) is 25.9. The fourth-order valence-electron chi connectivity index (χ4n) is 12.6. The van der Waals surface area contributed by atoms with Crippen molar-refractivity contribution in [1.82, 2.24) is 0 Å². The van der Waals surface area contributed by atoms with Crippen molar-refractivity contribution in [3.8, 4) is 0 Å². The first-order chi connectivity index (χ1) is 37.5. The highest BCUT2D eigenvalue weighted by Gasteiger charge is 2.46. The van der Waals surface area contributed by atoms with Crippen molar-refractivity contribution < 1.29 is 33.3 Å². The number of carbonyl (C=O) groups excluding carboxylic acids is 2. The lowest BCUT2D eigenvalue weighted by atomic mass is 9.78. The number of hydrogen-bond acceptors (Lipinski definition) is 7. The van der Waals surface area contributed by atoms with E-state index in [1.807, 2.05) is 0 Å². The summed E-state index contributed by atoms with van der Waals surface area (Å²) in [6.07, 6.45) is 54.3. The minimum Gasteiger partial charge on any atom is -0.463 e. The van der Waals surface area contributed by atoms with E-state index in [2.05, 4.69) is 69.2 Å². The first-order valence-electron chi connectivity index (χ1n) is 34.8. The van der Waals surface area contributed by atoms with E-state index in [-0.39, 0.29) is 72.9 Å². The van der Waals surface area contributed by atoms with Gasteiger partial charge in [0.25, 0.3) is 0 Å². The molecular weight excluding hydrogens is 953 g/mol. The minimum atomic E-state index is -0.484. The van der Waals surface area contributed by atoms with E-state index < -0.39 is 12.6 Å². The van der Waals surface area contributed by atoms with E-state index >= 15 is 0 Å². The molecule has 77 heavy (non-hydrogen) atoms. The smallest absolute Gasteiger partial charge is 0.309 e. The van der Waals surface area contributed by atoms with Crippen molar-refractivity contribution in [1.29, 1.82) is 0 Å².